The highest BCUT2D eigenvalue weighted by atomic mass is 32.1. The highest BCUT2D eigenvalue weighted by Crippen LogP contribution is 2.41. The number of alkyl halides is 3. The van der Waals surface area contributed by atoms with Gasteiger partial charge in [0.05, 0.1) is 0 Å². The summed E-state index contributed by atoms with van der Waals surface area (Å²) in [6, 6.07) is 3.17. The van der Waals surface area contributed by atoms with E-state index in [1.54, 1.807) is 6.07 Å². The van der Waals surface area contributed by atoms with Crippen molar-refractivity contribution in [2.24, 2.45) is 11.8 Å². The number of rotatable bonds is 4. The lowest BCUT2D eigenvalue weighted by Crippen LogP contribution is -2.47. The number of pyridine rings is 1. The largest absolute Gasteiger partial charge is 0.452 e. The number of nitrogens with zero attached hydrogens (tertiary/aromatic N) is 1. The van der Waals surface area contributed by atoms with Gasteiger partial charge >= 0.3 is 12.1 Å². The summed E-state index contributed by atoms with van der Waals surface area (Å²) < 4.78 is 41.5. The topological polar surface area (TPSA) is 68.3 Å². The number of halogens is 3. The molecule has 0 saturated heterocycles. The molecule has 0 spiro atoms. The summed E-state index contributed by atoms with van der Waals surface area (Å²) >= 11 is 0.984. The molecule has 3 fully saturated rings. The molecule has 1 unspecified atom stereocenters. The first kappa shape index (κ1) is 19.2. The number of amides is 1. The van der Waals surface area contributed by atoms with Crippen LogP contribution in [0.5, 0.6) is 0 Å². The summed E-state index contributed by atoms with van der Waals surface area (Å²) in [5.74, 6) is -0.0838. The minimum absolute atomic E-state index is 0.0446. The van der Waals surface area contributed by atoms with E-state index in [1.807, 2.05) is 0 Å². The van der Waals surface area contributed by atoms with Crippen molar-refractivity contribution in [2.45, 2.75) is 44.3 Å². The first-order valence-corrected chi connectivity index (χ1v) is 10.0. The third-order valence-electron chi connectivity index (χ3n) is 5.57. The van der Waals surface area contributed by atoms with Crippen molar-refractivity contribution in [3.8, 4) is 0 Å². The van der Waals surface area contributed by atoms with Crippen molar-refractivity contribution in [3.05, 3.63) is 28.9 Å². The van der Waals surface area contributed by atoms with Gasteiger partial charge < -0.3 is 10.1 Å². The van der Waals surface area contributed by atoms with Crippen LogP contribution in [-0.2, 0) is 4.74 Å². The van der Waals surface area contributed by atoms with E-state index in [4.69, 9.17) is 0 Å². The van der Waals surface area contributed by atoms with Crippen LogP contribution in [0.3, 0.4) is 0 Å². The van der Waals surface area contributed by atoms with Crippen molar-refractivity contribution in [3.63, 3.8) is 0 Å². The van der Waals surface area contributed by atoms with Crippen LogP contribution < -0.4 is 5.32 Å². The number of esters is 1. The first-order chi connectivity index (χ1) is 13.3. The minimum Gasteiger partial charge on any atom is -0.452 e. The zero-order valence-corrected chi connectivity index (χ0v) is 15.7. The molecule has 5 rings (SSSR count). The molecule has 3 saturated carbocycles. The number of carbonyl (C=O) groups excluding carboxylic acids is 2. The maximum atomic E-state index is 12.6. The molecule has 2 aromatic rings. The predicted molar refractivity (Wildman–Crippen MR) is 97.3 cm³/mol. The third-order valence-corrected chi connectivity index (χ3v) is 6.64. The number of aromatic nitrogens is 1. The summed E-state index contributed by atoms with van der Waals surface area (Å²) in [5, 5.41) is 3.67. The molecule has 0 aliphatic heterocycles. The van der Waals surface area contributed by atoms with Crippen molar-refractivity contribution >= 4 is 33.3 Å². The number of fused-ring (bicyclic) bond motifs is 4. The van der Waals surface area contributed by atoms with Gasteiger partial charge in [0.1, 0.15) is 10.6 Å². The normalized spacial score (nSPS) is 24.3. The molecule has 1 N–H and O–H groups in total. The quantitative estimate of drug-likeness (QED) is 0.760. The Bertz CT molecular complexity index is 903. The van der Waals surface area contributed by atoms with Gasteiger partial charge in [-0.05, 0) is 43.2 Å². The number of hydrogen-bond donors (Lipinski definition) is 1. The molecule has 1 amide bonds. The van der Waals surface area contributed by atoms with E-state index in [1.165, 1.54) is 25.1 Å². The van der Waals surface area contributed by atoms with Crippen LogP contribution in [0, 0.1) is 11.8 Å². The van der Waals surface area contributed by atoms with Crippen LogP contribution in [0.25, 0.3) is 10.1 Å². The Hall–Kier alpha value is -2.16. The Labute approximate surface area is 163 Å². The molecule has 3 aliphatic carbocycles. The molecule has 2 aromatic heterocycles. The molecular formula is C19H19F3N2O3S. The van der Waals surface area contributed by atoms with Gasteiger partial charge in [0.2, 0.25) is 0 Å². The molecule has 3 aliphatic rings. The summed E-state index contributed by atoms with van der Waals surface area (Å²) in [6.07, 6.45) is 2.67. The van der Waals surface area contributed by atoms with Crippen molar-refractivity contribution in [2.75, 3.05) is 6.61 Å². The average Bonchev–Trinajstić information content (AvgIpc) is 3.10. The van der Waals surface area contributed by atoms with Crippen molar-refractivity contribution < 1.29 is 27.5 Å². The lowest BCUT2D eigenvalue weighted by Gasteiger charge is -2.42. The molecule has 2 bridgehead atoms. The zero-order valence-electron chi connectivity index (χ0n) is 14.9. The van der Waals surface area contributed by atoms with E-state index in [9.17, 15) is 22.8 Å². The number of thiophene rings is 1. The van der Waals surface area contributed by atoms with Crippen LogP contribution in [0.1, 0.15) is 52.3 Å². The Morgan fingerprint density at radius 3 is 2.61 bits per heavy atom. The van der Waals surface area contributed by atoms with Crippen LogP contribution in [0.15, 0.2) is 18.3 Å². The van der Waals surface area contributed by atoms with Gasteiger partial charge in [-0.2, -0.15) is 13.2 Å². The standard InChI is InChI=1S/C19H19F3N2O3S/c20-19(21,22)9-27-18(26)16-6-12-8-23-14(7-15(12)28-16)17(25)24-13-5-10-1-3-11(13)4-2-10/h6-8,10-11,13H,1-5,9H2,(H,24,25). The second-order valence-corrected chi connectivity index (χ2v) is 8.59. The van der Waals surface area contributed by atoms with Gasteiger partial charge in [-0.25, -0.2) is 4.79 Å². The molecule has 1 atom stereocenters. The summed E-state index contributed by atoms with van der Waals surface area (Å²) in [4.78, 5) is 28.6. The predicted octanol–water partition coefficient (Wildman–Crippen LogP) is 4.32. The van der Waals surface area contributed by atoms with Gasteiger partial charge in [-0.15, -0.1) is 11.3 Å². The van der Waals surface area contributed by atoms with Crippen LogP contribution in [0.4, 0.5) is 13.2 Å². The molecule has 9 heteroatoms. The van der Waals surface area contributed by atoms with Crippen LogP contribution >= 0.6 is 11.3 Å². The second kappa shape index (κ2) is 7.35. The number of carbonyl (C=O) groups is 2. The SMILES string of the molecule is O=C(NC1CC2CCC1CC2)c1cc2sc(C(=O)OCC(F)(F)F)cc2cn1. The summed E-state index contributed by atoms with van der Waals surface area (Å²) in [6.45, 7) is -1.63. The van der Waals surface area contributed by atoms with Gasteiger partial charge in [0.25, 0.3) is 5.91 Å². The van der Waals surface area contributed by atoms with E-state index in [-0.39, 0.29) is 22.5 Å². The Morgan fingerprint density at radius 2 is 1.96 bits per heavy atom. The van der Waals surface area contributed by atoms with Gasteiger partial charge in [-0.3, -0.25) is 9.78 Å². The lowest BCUT2D eigenvalue weighted by molar-refractivity contribution is -0.161. The maximum absolute atomic E-state index is 12.6. The summed E-state index contributed by atoms with van der Waals surface area (Å²) in [7, 11) is 0. The number of hydrogen-bond acceptors (Lipinski definition) is 5. The minimum atomic E-state index is -4.57. The van der Waals surface area contributed by atoms with Crippen LogP contribution in [0.2, 0.25) is 0 Å². The monoisotopic (exact) mass is 412 g/mol. The van der Waals surface area contributed by atoms with E-state index in [2.05, 4.69) is 15.0 Å². The molecule has 0 radical (unpaired) electrons. The fourth-order valence-electron chi connectivity index (χ4n) is 4.17. The van der Waals surface area contributed by atoms with E-state index in [0.29, 0.717) is 21.9 Å². The fourth-order valence-corrected chi connectivity index (χ4v) is 5.14. The first-order valence-electron chi connectivity index (χ1n) is 9.23. The van der Waals surface area contributed by atoms with Crippen molar-refractivity contribution in [1.82, 2.24) is 10.3 Å². The van der Waals surface area contributed by atoms with E-state index in [0.717, 1.165) is 30.6 Å². The molecular weight excluding hydrogens is 393 g/mol. The molecule has 150 valence electrons. The summed E-state index contributed by atoms with van der Waals surface area (Å²) in [5.41, 5.74) is 0.242. The van der Waals surface area contributed by atoms with Crippen LogP contribution in [-0.4, -0.2) is 35.7 Å². The molecule has 0 aromatic carbocycles. The van der Waals surface area contributed by atoms with E-state index >= 15 is 0 Å². The van der Waals surface area contributed by atoms with Gasteiger partial charge in [-0.1, -0.05) is 12.8 Å². The average molecular weight is 412 g/mol. The second-order valence-electron chi connectivity index (χ2n) is 7.51. The van der Waals surface area contributed by atoms with Gasteiger partial charge in [0, 0.05) is 22.3 Å². The zero-order chi connectivity index (χ0) is 19.9. The lowest BCUT2D eigenvalue weighted by atomic mass is 9.68. The van der Waals surface area contributed by atoms with E-state index < -0.39 is 18.8 Å². The number of nitrogens with one attached hydrogen (secondary N) is 1. The smallest absolute Gasteiger partial charge is 0.422 e. The molecule has 5 nitrogen and oxygen atoms in total. The molecule has 28 heavy (non-hydrogen) atoms. The Morgan fingerprint density at radius 1 is 1.21 bits per heavy atom. The van der Waals surface area contributed by atoms with Gasteiger partial charge in [0.15, 0.2) is 6.61 Å². The maximum Gasteiger partial charge on any atom is 0.422 e. The number of ether oxygens (including phenoxy) is 1. The fraction of sp³-hybridized carbons (Fsp3) is 0.526. The Balaban J connectivity index is 1.45. The highest BCUT2D eigenvalue weighted by Gasteiger charge is 2.36. The molecule has 2 heterocycles. The third kappa shape index (κ3) is 4.14. The Kier molecular flexibility index (Phi) is 5.03. The highest BCUT2D eigenvalue weighted by molar-refractivity contribution is 7.20. The van der Waals surface area contributed by atoms with Crippen molar-refractivity contribution in [1.29, 1.82) is 0 Å².